The Morgan fingerprint density at radius 3 is 2.41 bits per heavy atom. The van der Waals surface area contributed by atoms with Gasteiger partial charge in [-0.25, -0.2) is 9.97 Å². The Hall–Kier alpha value is -3.25. The molecule has 2 N–H and O–H groups in total. The van der Waals surface area contributed by atoms with Gasteiger partial charge in [-0.05, 0) is 31.3 Å². The van der Waals surface area contributed by atoms with Crippen molar-refractivity contribution in [2.75, 3.05) is 32.0 Å². The smallest absolute Gasteiger partial charge is 0.221 e. The monoisotopic (exact) mass is 388 g/mol. The Balaban J connectivity index is 1.69. The zero-order valence-electron chi connectivity index (χ0n) is 16.7. The first kappa shape index (κ1) is 19.1. The minimum absolute atomic E-state index is 0.0801. The minimum Gasteiger partial charge on any atom is -0.492 e. The molecule has 0 spiro atoms. The number of ketones is 1. The molecule has 0 bridgehead atoms. The van der Waals surface area contributed by atoms with E-state index < -0.39 is 0 Å². The van der Waals surface area contributed by atoms with Gasteiger partial charge in [0.2, 0.25) is 5.95 Å². The summed E-state index contributed by atoms with van der Waals surface area (Å²) in [5.41, 5.74) is 9.82. The molecule has 0 fully saturated rings. The number of fused-ring (bicyclic) bond motifs is 3. The number of likely N-dealkylation sites (N-methyl/N-ethyl adjacent to an activating group) is 1. The van der Waals surface area contributed by atoms with Crippen LogP contribution in [-0.4, -0.2) is 46.9 Å². The van der Waals surface area contributed by atoms with Crippen LogP contribution in [-0.2, 0) is 0 Å². The predicted molar refractivity (Wildman–Crippen MR) is 114 cm³/mol. The molecule has 29 heavy (non-hydrogen) atoms. The number of anilines is 1. The number of rotatable bonds is 7. The Kier molecular flexibility index (Phi) is 5.27. The van der Waals surface area contributed by atoms with Crippen LogP contribution in [0.5, 0.6) is 5.75 Å². The molecule has 2 aromatic carbocycles. The predicted octanol–water partition coefficient (Wildman–Crippen LogP) is 3.66. The second kappa shape index (κ2) is 8.01. The summed E-state index contributed by atoms with van der Waals surface area (Å²) in [5, 5.41) is 0. The molecule has 3 aromatic rings. The molecule has 6 nitrogen and oxygen atoms in total. The third-order valence-corrected chi connectivity index (χ3v) is 5.26. The summed E-state index contributed by atoms with van der Waals surface area (Å²) in [6.45, 7) is 7.69. The van der Waals surface area contributed by atoms with Crippen LogP contribution in [0.25, 0.3) is 22.5 Å². The van der Waals surface area contributed by atoms with Crippen LogP contribution in [0.1, 0.15) is 29.8 Å². The van der Waals surface area contributed by atoms with Crippen LogP contribution >= 0.6 is 0 Å². The average Bonchev–Trinajstić information content (AvgIpc) is 3.03. The molecule has 0 aliphatic heterocycles. The largest absolute Gasteiger partial charge is 0.492 e. The number of carbonyl (C=O) groups excluding carboxylic acids is 1. The van der Waals surface area contributed by atoms with Gasteiger partial charge in [-0.2, -0.15) is 0 Å². The summed E-state index contributed by atoms with van der Waals surface area (Å²) in [4.78, 5) is 24.2. The van der Waals surface area contributed by atoms with Crippen molar-refractivity contribution >= 4 is 11.7 Å². The van der Waals surface area contributed by atoms with Crippen molar-refractivity contribution in [1.29, 1.82) is 0 Å². The van der Waals surface area contributed by atoms with Gasteiger partial charge in [-0.1, -0.05) is 44.2 Å². The third kappa shape index (κ3) is 3.59. The van der Waals surface area contributed by atoms with Gasteiger partial charge in [0.05, 0.1) is 17.0 Å². The van der Waals surface area contributed by atoms with E-state index in [2.05, 4.69) is 28.7 Å². The van der Waals surface area contributed by atoms with Gasteiger partial charge in [0.15, 0.2) is 5.78 Å². The van der Waals surface area contributed by atoms with Gasteiger partial charge in [-0.3, -0.25) is 4.79 Å². The quantitative estimate of drug-likeness (QED) is 0.520. The van der Waals surface area contributed by atoms with Crippen LogP contribution < -0.4 is 10.5 Å². The number of nitrogens with two attached hydrogens (primary N) is 1. The first-order chi connectivity index (χ1) is 14.1. The molecule has 4 rings (SSSR count). The Labute approximate surface area is 170 Å². The van der Waals surface area contributed by atoms with Gasteiger partial charge in [0.1, 0.15) is 12.4 Å². The van der Waals surface area contributed by atoms with Crippen molar-refractivity contribution in [3.63, 3.8) is 0 Å². The van der Waals surface area contributed by atoms with Crippen molar-refractivity contribution < 1.29 is 9.53 Å². The van der Waals surface area contributed by atoms with Crippen LogP contribution in [0.15, 0.2) is 48.5 Å². The van der Waals surface area contributed by atoms with E-state index in [1.54, 1.807) is 6.07 Å². The second-order valence-electron chi connectivity index (χ2n) is 6.93. The van der Waals surface area contributed by atoms with Crippen molar-refractivity contribution in [1.82, 2.24) is 14.9 Å². The van der Waals surface area contributed by atoms with Crippen LogP contribution in [0, 0.1) is 0 Å². The van der Waals surface area contributed by atoms with E-state index in [0.29, 0.717) is 29.1 Å². The molecule has 1 aliphatic rings. The number of nitrogens with zero attached hydrogens (tertiary/aromatic N) is 3. The topological polar surface area (TPSA) is 81.3 Å². The van der Waals surface area contributed by atoms with Gasteiger partial charge in [-0.15, -0.1) is 0 Å². The summed E-state index contributed by atoms with van der Waals surface area (Å²) < 4.78 is 5.93. The lowest BCUT2D eigenvalue weighted by Crippen LogP contribution is -2.27. The fourth-order valence-corrected chi connectivity index (χ4v) is 3.67. The van der Waals surface area contributed by atoms with E-state index in [0.717, 1.165) is 36.5 Å². The van der Waals surface area contributed by atoms with E-state index in [9.17, 15) is 4.79 Å². The molecule has 0 saturated carbocycles. The molecule has 0 unspecified atom stereocenters. The lowest BCUT2D eigenvalue weighted by atomic mass is 10.0. The molecule has 0 amide bonds. The highest BCUT2D eigenvalue weighted by atomic mass is 16.5. The summed E-state index contributed by atoms with van der Waals surface area (Å²) in [7, 11) is 0. The summed E-state index contributed by atoms with van der Waals surface area (Å²) in [5.74, 6) is 0.787. The van der Waals surface area contributed by atoms with E-state index in [-0.39, 0.29) is 11.7 Å². The van der Waals surface area contributed by atoms with Gasteiger partial charge in [0.25, 0.3) is 0 Å². The van der Waals surface area contributed by atoms with E-state index in [4.69, 9.17) is 10.5 Å². The highest BCUT2D eigenvalue weighted by molar-refractivity contribution is 6.23. The van der Waals surface area contributed by atoms with Crippen molar-refractivity contribution in [3.05, 3.63) is 59.7 Å². The second-order valence-corrected chi connectivity index (χ2v) is 6.93. The molecule has 1 heterocycles. The normalized spacial score (nSPS) is 12.2. The zero-order valence-corrected chi connectivity index (χ0v) is 16.7. The minimum atomic E-state index is -0.0801. The number of benzene rings is 2. The lowest BCUT2D eigenvalue weighted by Gasteiger charge is -2.18. The Morgan fingerprint density at radius 1 is 0.966 bits per heavy atom. The number of aromatic nitrogens is 2. The third-order valence-electron chi connectivity index (χ3n) is 5.26. The van der Waals surface area contributed by atoms with Gasteiger partial charge in [0, 0.05) is 23.2 Å². The van der Waals surface area contributed by atoms with Crippen molar-refractivity contribution in [2.24, 2.45) is 0 Å². The molecule has 1 aromatic heterocycles. The maximum Gasteiger partial charge on any atom is 0.221 e. The summed E-state index contributed by atoms with van der Waals surface area (Å²) >= 11 is 0. The van der Waals surface area contributed by atoms with Crippen LogP contribution in [0.4, 0.5) is 5.95 Å². The fourth-order valence-electron chi connectivity index (χ4n) is 3.67. The van der Waals surface area contributed by atoms with Gasteiger partial charge < -0.3 is 15.4 Å². The number of hydrogen-bond acceptors (Lipinski definition) is 6. The van der Waals surface area contributed by atoms with Crippen molar-refractivity contribution in [2.45, 2.75) is 13.8 Å². The Bertz CT molecular complexity index is 1050. The van der Waals surface area contributed by atoms with Crippen molar-refractivity contribution in [3.8, 4) is 28.3 Å². The fraction of sp³-hybridized carbons (Fsp3) is 0.261. The molecular formula is C23H24N4O2. The van der Waals surface area contributed by atoms with Crippen LogP contribution in [0.3, 0.4) is 0 Å². The molecule has 0 atom stereocenters. The van der Waals surface area contributed by atoms with E-state index in [1.165, 1.54) is 0 Å². The highest BCUT2D eigenvalue weighted by Gasteiger charge is 2.32. The average molecular weight is 388 g/mol. The number of hydrogen-bond donors (Lipinski definition) is 1. The first-order valence-corrected chi connectivity index (χ1v) is 9.89. The van der Waals surface area contributed by atoms with E-state index in [1.807, 2.05) is 42.5 Å². The molecular weight excluding hydrogens is 364 g/mol. The molecule has 6 heteroatoms. The van der Waals surface area contributed by atoms with E-state index >= 15 is 0 Å². The number of nitrogen functional groups attached to an aromatic ring is 1. The zero-order chi connectivity index (χ0) is 20.4. The molecule has 1 aliphatic carbocycles. The number of ether oxygens (including phenoxy) is 1. The molecule has 0 saturated heterocycles. The first-order valence-electron chi connectivity index (χ1n) is 9.89. The van der Waals surface area contributed by atoms with Crippen LogP contribution in [0.2, 0.25) is 0 Å². The lowest BCUT2D eigenvalue weighted by molar-refractivity contribution is 0.104. The summed E-state index contributed by atoms with van der Waals surface area (Å²) in [6.07, 6.45) is 0. The maximum absolute atomic E-state index is 13.1. The molecule has 0 radical (unpaired) electrons. The number of carbonyl (C=O) groups is 1. The standard InChI is InChI=1S/C23H24N4O2/c1-3-27(4-2)12-13-29-16-10-11-17-18(14-16)21-19(22(17)28)20(25-23(24)26-21)15-8-6-5-7-9-15/h5-11,14H,3-4,12-13H2,1-2H3,(H2,24,25,26). The maximum atomic E-state index is 13.1. The molecule has 148 valence electrons. The van der Waals surface area contributed by atoms with Gasteiger partial charge >= 0.3 is 0 Å². The highest BCUT2D eigenvalue weighted by Crippen LogP contribution is 2.41. The Morgan fingerprint density at radius 2 is 1.69 bits per heavy atom. The SMILES string of the molecule is CCN(CC)CCOc1ccc2c(c1)-c1nc(N)nc(-c3ccccc3)c1C2=O. The summed E-state index contributed by atoms with van der Waals surface area (Å²) in [6, 6.07) is 15.1.